The Morgan fingerprint density at radius 3 is 2.95 bits per heavy atom. The first kappa shape index (κ1) is 12.8. The quantitative estimate of drug-likeness (QED) is 0.868. The van der Waals surface area contributed by atoms with E-state index in [1.165, 1.54) is 0 Å². The fraction of sp³-hybridized carbons (Fsp3) is 0.133. The fourth-order valence-corrected chi connectivity index (χ4v) is 2.19. The van der Waals surface area contributed by atoms with Crippen molar-refractivity contribution in [3.05, 3.63) is 53.3 Å². The fourth-order valence-electron chi connectivity index (χ4n) is 2.00. The Balaban J connectivity index is 1.78. The molecular weight excluding hydrogens is 276 g/mol. The number of carbonyl (C=O) groups excluding carboxylic acids is 1. The van der Waals surface area contributed by atoms with Gasteiger partial charge in [0.1, 0.15) is 12.4 Å². The van der Waals surface area contributed by atoms with Crippen LogP contribution >= 0.6 is 11.6 Å². The van der Waals surface area contributed by atoms with E-state index in [0.29, 0.717) is 27.7 Å². The van der Waals surface area contributed by atoms with Gasteiger partial charge in [-0.3, -0.25) is 14.8 Å². The maximum Gasteiger partial charge on any atom is 0.172 e. The average molecular weight is 287 g/mol. The minimum absolute atomic E-state index is 0.0147. The molecule has 0 fully saturated rings. The van der Waals surface area contributed by atoms with Gasteiger partial charge in [0.2, 0.25) is 0 Å². The van der Waals surface area contributed by atoms with Crippen molar-refractivity contribution in [3.8, 4) is 5.75 Å². The molecule has 0 aliphatic carbocycles. The predicted octanol–water partition coefficient (Wildman–Crippen LogP) is 3.47. The van der Waals surface area contributed by atoms with E-state index in [0.717, 1.165) is 0 Å². The largest absolute Gasteiger partial charge is 0.486 e. The Kier molecular flexibility index (Phi) is 3.48. The van der Waals surface area contributed by atoms with Crippen LogP contribution in [0.1, 0.15) is 16.8 Å². The molecule has 3 rings (SSSR count). The van der Waals surface area contributed by atoms with Crippen molar-refractivity contribution >= 4 is 28.8 Å². The number of nitrogens with zero attached hydrogens (tertiary/aromatic N) is 2. The van der Waals surface area contributed by atoms with Crippen molar-refractivity contribution in [1.82, 2.24) is 4.98 Å². The molecule has 1 aromatic heterocycles. The average Bonchev–Trinajstić information content (AvgIpc) is 2.46. The molecule has 1 aliphatic rings. The van der Waals surface area contributed by atoms with Gasteiger partial charge in [0.25, 0.3) is 0 Å². The van der Waals surface area contributed by atoms with Crippen LogP contribution in [0.3, 0.4) is 0 Å². The van der Waals surface area contributed by atoms with Crippen LogP contribution in [-0.4, -0.2) is 23.1 Å². The smallest absolute Gasteiger partial charge is 0.172 e. The van der Waals surface area contributed by atoms with Crippen molar-refractivity contribution in [2.75, 3.05) is 6.61 Å². The molecule has 100 valence electrons. The molecule has 0 N–H and O–H groups in total. The summed E-state index contributed by atoms with van der Waals surface area (Å²) in [5, 5.41) is 0.542. The summed E-state index contributed by atoms with van der Waals surface area (Å²) in [6, 6.07) is 8.94. The number of Topliss-reactive ketones (excluding diaryl/α,β-unsaturated/α-hetero) is 1. The molecular formula is C15H11ClN2O2. The van der Waals surface area contributed by atoms with Crippen molar-refractivity contribution in [2.24, 2.45) is 4.99 Å². The molecule has 0 bridgehead atoms. The number of halogens is 1. The van der Waals surface area contributed by atoms with E-state index in [-0.39, 0.29) is 18.8 Å². The number of pyridine rings is 1. The van der Waals surface area contributed by atoms with Gasteiger partial charge in [-0.05, 0) is 18.2 Å². The number of carbonyl (C=O) groups is 1. The summed E-state index contributed by atoms with van der Waals surface area (Å²) in [5.74, 6) is 0.602. The summed E-state index contributed by atoms with van der Waals surface area (Å²) in [5.41, 5.74) is 1.90. The summed E-state index contributed by atoms with van der Waals surface area (Å²) < 4.78 is 5.61. The maximum atomic E-state index is 12.0. The second kappa shape index (κ2) is 5.43. The molecule has 0 atom stereocenters. The highest BCUT2D eigenvalue weighted by molar-refractivity contribution is 6.32. The van der Waals surface area contributed by atoms with E-state index in [1.54, 1.807) is 30.6 Å². The van der Waals surface area contributed by atoms with Crippen LogP contribution in [0.15, 0.2) is 47.7 Å². The minimum atomic E-state index is 0.0147. The van der Waals surface area contributed by atoms with Gasteiger partial charge < -0.3 is 4.74 Å². The molecule has 0 saturated heterocycles. The third-order valence-electron chi connectivity index (χ3n) is 2.97. The van der Waals surface area contributed by atoms with Crippen LogP contribution in [0.4, 0.5) is 5.69 Å². The van der Waals surface area contributed by atoms with Gasteiger partial charge in [-0.25, -0.2) is 0 Å². The number of rotatable bonds is 3. The monoisotopic (exact) mass is 286 g/mol. The molecule has 1 aliphatic heterocycles. The lowest BCUT2D eigenvalue weighted by Crippen LogP contribution is -2.19. The molecule has 0 spiro atoms. The number of hydrogen-bond donors (Lipinski definition) is 0. The second-order valence-electron chi connectivity index (χ2n) is 4.39. The summed E-state index contributed by atoms with van der Waals surface area (Å²) in [7, 11) is 0. The Morgan fingerprint density at radius 1 is 1.25 bits per heavy atom. The zero-order valence-electron chi connectivity index (χ0n) is 10.5. The van der Waals surface area contributed by atoms with Gasteiger partial charge in [0.15, 0.2) is 5.78 Å². The third-order valence-corrected chi connectivity index (χ3v) is 3.28. The minimum Gasteiger partial charge on any atom is -0.486 e. The standard InChI is InChI=1S/C15H11ClN2O2/c16-12-3-1-2-4-15(12)20-9-10-7-14(19)11-8-17-6-5-13(11)18-10/h1-6,8H,7,9H2. The van der Waals surface area contributed by atoms with Gasteiger partial charge in [0, 0.05) is 12.4 Å². The number of ether oxygens (including phenoxy) is 1. The number of aromatic nitrogens is 1. The molecule has 20 heavy (non-hydrogen) atoms. The summed E-state index contributed by atoms with van der Waals surface area (Å²) in [4.78, 5) is 20.3. The second-order valence-corrected chi connectivity index (χ2v) is 4.80. The first-order valence-corrected chi connectivity index (χ1v) is 6.53. The van der Waals surface area contributed by atoms with Crippen LogP contribution in [0.5, 0.6) is 5.75 Å². The number of fused-ring (bicyclic) bond motifs is 1. The van der Waals surface area contributed by atoms with E-state index in [4.69, 9.17) is 16.3 Å². The molecule has 0 saturated carbocycles. The van der Waals surface area contributed by atoms with Gasteiger partial charge in [-0.2, -0.15) is 0 Å². The topological polar surface area (TPSA) is 51.5 Å². The van der Waals surface area contributed by atoms with Crippen LogP contribution in [-0.2, 0) is 0 Å². The van der Waals surface area contributed by atoms with Crippen LogP contribution in [0, 0.1) is 0 Å². The lowest BCUT2D eigenvalue weighted by atomic mass is 10.0. The molecule has 5 heteroatoms. The summed E-state index contributed by atoms with van der Waals surface area (Å²) in [6.07, 6.45) is 3.42. The van der Waals surface area contributed by atoms with E-state index >= 15 is 0 Å². The first-order chi connectivity index (χ1) is 9.74. The Labute approximate surface area is 121 Å². The zero-order valence-corrected chi connectivity index (χ0v) is 11.3. The highest BCUT2D eigenvalue weighted by Gasteiger charge is 2.20. The van der Waals surface area contributed by atoms with E-state index in [2.05, 4.69) is 9.98 Å². The number of aliphatic imine (C=N–C) groups is 1. The van der Waals surface area contributed by atoms with Gasteiger partial charge >= 0.3 is 0 Å². The highest BCUT2D eigenvalue weighted by Crippen LogP contribution is 2.26. The van der Waals surface area contributed by atoms with Crippen LogP contribution in [0.2, 0.25) is 5.02 Å². The predicted molar refractivity (Wildman–Crippen MR) is 77.2 cm³/mol. The van der Waals surface area contributed by atoms with Crippen LogP contribution < -0.4 is 4.74 Å². The van der Waals surface area contributed by atoms with E-state index in [9.17, 15) is 4.79 Å². The number of hydrogen-bond acceptors (Lipinski definition) is 4. The van der Waals surface area contributed by atoms with Crippen molar-refractivity contribution in [2.45, 2.75) is 6.42 Å². The number of ketones is 1. The summed E-state index contributed by atoms with van der Waals surface area (Å²) >= 11 is 6.01. The molecule has 2 aromatic rings. The van der Waals surface area contributed by atoms with E-state index < -0.39 is 0 Å². The third kappa shape index (κ3) is 2.56. The Morgan fingerprint density at radius 2 is 2.10 bits per heavy atom. The Hall–Kier alpha value is -2.20. The van der Waals surface area contributed by atoms with E-state index in [1.807, 2.05) is 12.1 Å². The maximum absolute atomic E-state index is 12.0. The number of benzene rings is 1. The first-order valence-electron chi connectivity index (χ1n) is 6.15. The molecule has 0 amide bonds. The van der Waals surface area contributed by atoms with Crippen molar-refractivity contribution < 1.29 is 9.53 Å². The molecule has 1 aromatic carbocycles. The molecule has 0 radical (unpaired) electrons. The van der Waals surface area contributed by atoms with Gasteiger partial charge in [0.05, 0.1) is 28.4 Å². The van der Waals surface area contributed by atoms with Crippen LogP contribution in [0.25, 0.3) is 0 Å². The summed E-state index contributed by atoms with van der Waals surface area (Å²) in [6.45, 7) is 0.247. The molecule has 2 heterocycles. The van der Waals surface area contributed by atoms with Gasteiger partial charge in [-0.1, -0.05) is 23.7 Å². The van der Waals surface area contributed by atoms with Crippen molar-refractivity contribution in [3.63, 3.8) is 0 Å². The lowest BCUT2D eigenvalue weighted by molar-refractivity contribution is 0.0998. The zero-order chi connectivity index (χ0) is 13.9. The molecule has 4 nitrogen and oxygen atoms in total. The SMILES string of the molecule is O=C1CC(COc2ccccc2Cl)=Nc2ccncc21. The van der Waals surface area contributed by atoms with Crippen molar-refractivity contribution in [1.29, 1.82) is 0 Å². The highest BCUT2D eigenvalue weighted by atomic mass is 35.5. The Bertz CT molecular complexity index is 698. The van der Waals surface area contributed by atoms with Gasteiger partial charge in [-0.15, -0.1) is 0 Å². The lowest BCUT2D eigenvalue weighted by Gasteiger charge is -2.15. The molecule has 0 unspecified atom stereocenters. The number of para-hydroxylation sites is 1. The normalized spacial score (nSPS) is 13.7.